The summed E-state index contributed by atoms with van der Waals surface area (Å²) in [6.07, 6.45) is 1.94. The zero-order chi connectivity index (χ0) is 20.4. The van der Waals surface area contributed by atoms with Gasteiger partial charge in [0.1, 0.15) is 5.75 Å². The first kappa shape index (κ1) is 21.5. The van der Waals surface area contributed by atoms with Gasteiger partial charge in [-0.15, -0.1) is 0 Å². The Kier molecular flexibility index (Phi) is 8.58. The molecule has 7 nitrogen and oxygen atoms in total. The molecule has 0 saturated carbocycles. The molecular weight excluding hydrogens is 405 g/mol. The lowest BCUT2D eigenvalue weighted by molar-refractivity contribution is -0.123. The van der Waals surface area contributed by atoms with Crippen molar-refractivity contribution in [2.75, 3.05) is 19.8 Å². The van der Waals surface area contributed by atoms with Crippen LogP contribution < -0.4 is 20.1 Å². The summed E-state index contributed by atoms with van der Waals surface area (Å²) >= 11 is 11.7. The van der Waals surface area contributed by atoms with Crippen molar-refractivity contribution in [3.63, 3.8) is 0 Å². The number of amides is 2. The van der Waals surface area contributed by atoms with Crippen LogP contribution in [0.25, 0.3) is 0 Å². The summed E-state index contributed by atoms with van der Waals surface area (Å²) in [6.45, 7) is 3.70. The predicted molar refractivity (Wildman–Crippen MR) is 107 cm³/mol. The molecule has 0 atom stereocenters. The van der Waals surface area contributed by atoms with Gasteiger partial charge in [0.15, 0.2) is 13.2 Å². The molecule has 9 heteroatoms. The fourth-order valence-electron chi connectivity index (χ4n) is 1.99. The van der Waals surface area contributed by atoms with Crippen molar-refractivity contribution in [3.05, 3.63) is 64.9 Å². The maximum Gasteiger partial charge on any atom is 0.262 e. The number of pyridine rings is 1. The lowest BCUT2D eigenvalue weighted by Gasteiger charge is -2.11. The number of hydrogen-bond acceptors (Lipinski definition) is 5. The second-order valence-electron chi connectivity index (χ2n) is 5.57. The van der Waals surface area contributed by atoms with E-state index in [1.165, 1.54) is 6.07 Å². The summed E-state index contributed by atoms with van der Waals surface area (Å²) in [4.78, 5) is 27.5. The van der Waals surface area contributed by atoms with Crippen molar-refractivity contribution in [2.24, 2.45) is 0 Å². The van der Waals surface area contributed by atoms with Gasteiger partial charge in [0, 0.05) is 37.0 Å². The topological polar surface area (TPSA) is 89.5 Å². The number of carbonyl (C=O) groups excluding carboxylic acids is 2. The molecule has 0 radical (unpaired) electrons. The fourth-order valence-corrected chi connectivity index (χ4v) is 2.28. The smallest absolute Gasteiger partial charge is 0.262 e. The molecule has 1 heterocycles. The van der Waals surface area contributed by atoms with E-state index in [0.717, 1.165) is 0 Å². The average molecular weight is 424 g/mol. The average Bonchev–Trinajstić information content (AvgIpc) is 2.68. The molecule has 0 aliphatic heterocycles. The van der Waals surface area contributed by atoms with Crippen molar-refractivity contribution < 1.29 is 19.1 Å². The lowest BCUT2D eigenvalue weighted by Crippen LogP contribution is -2.32. The number of hydrogen-bond donors (Lipinski definition) is 2. The van der Waals surface area contributed by atoms with Gasteiger partial charge in [-0.25, -0.2) is 4.98 Å². The zero-order valence-electron chi connectivity index (χ0n) is 14.9. The van der Waals surface area contributed by atoms with Crippen molar-refractivity contribution in [2.45, 2.75) is 6.42 Å². The molecule has 0 aliphatic carbocycles. The molecule has 1 aromatic carbocycles. The Morgan fingerprint density at radius 3 is 2.54 bits per heavy atom. The van der Waals surface area contributed by atoms with Crippen LogP contribution in [0.2, 0.25) is 10.0 Å². The van der Waals surface area contributed by atoms with Crippen LogP contribution >= 0.6 is 23.2 Å². The lowest BCUT2D eigenvalue weighted by atomic mass is 10.3. The Balaban J connectivity index is 1.60. The SMILES string of the molecule is C=C(CCNC(=O)COc1ccccn1)NC(=O)COc1ccc(Cl)c(Cl)c1. The number of nitrogens with zero attached hydrogens (tertiary/aromatic N) is 1. The zero-order valence-corrected chi connectivity index (χ0v) is 16.4. The van der Waals surface area contributed by atoms with Gasteiger partial charge in [0.05, 0.1) is 10.0 Å². The van der Waals surface area contributed by atoms with Crippen LogP contribution in [-0.4, -0.2) is 36.6 Å². The summed E-state index contributed by atoms with van der Waals surface area (Å²) in [5.74, 6) is 0.125. The largest absolute Gasteiger partial charge is 0.484 e. The molecule has 0 saturated heterocycles. The first-order chi connectivity index (χ1) is 13.4. The minimum Gasteiger partial charge on any atom is -0.484 e. The number of aromatic nitrogens is 1. The third-order valence-electron chi connectivity index (χ3n) is 3.32. The van der Waals surface area contributed by atoms with Crippen molar-refractivity contribution >= 4 is 35.0 Å². The molecule has 2 N–H and O–H groups in total. The van der Waals surface area contributed by atoms with Gasteiger partial charge in [-0.1, -0.05) is 35.8 Å². The minimum atomic E-state index is -0.374. The van der Waals surface area contributed by atoms with Crippen LogP contribution in [0.5, 0.6) is 11.6 Å². The number of benzene rings is 1. The monoisotopic (exact) mass is 423 g/mol. The molecule has 2 rings (SSSR count). The number of ether oxygens (including phenoxy) is 2. The van der Waals surface area contributed by atoms with Crippen LogP contribution in [0.15, 0.2) is 54.9 Å². The molecule has 2 aromatic rings. The molecule has 2 amide bonds. The van der Waals surface area contributed by atoms with Crippen LogP contribution in [-0.2, 0) is 9.59 Å². The van der Waals surface area contributed by atoms with Gasteiger partial charge in [-0.05, 0) is 18.2 Å². The highest BCUT2D eigenvalue weighted by Crippen LogP contribution is 2.26. The maximum atomic E-state index is 11.9. The van der Waals surface area contributed by atoms with Crippen LogP contribution in [0.3, 0.4) is 0 Å². The Bertz CT molecular complexity index is 831. The van der Waals surface area contributed by atoms with Crippen molar-refractivity contribution in [1.29, 1.82) is 0 Å². The maximum absolute atomic E-state index is 11.9. The van der Waals surface area contributed by atoms with Crippen molar-refractivity contribution in [3.8, 4) is 11.6 Å². The van der Waals surface area contributed by atoms with Crippen LogP contribution in [0.4, 0.5) is 0 Å². The summed E-state index contributed by atoms with van der Waals surface area (Å²) < 4.78 is 10.6. The van der Waals surface area contributed by atoms with Gasteiger partial charge < -0.3 is 20.1 Å². The summed E-state index contributed by atoms with van der Waals surface area (Å²) in [5.41, 5.74) is 0.452. The van der Waals surface area contributed by atoms with E-state index in [2.05, 4.69) is 22.2 Å². The molecule has 28 heavy (non-hydrogen) atoms. The Morgan fingerprint density at radius 1 is 1.04 bits per heavy atom. The number of halogens is 2. The van der Waals surface area contributed by atoms with E-state index in [0.29, 0.717) is 40.3 Å². The third-order valence-corrected chi connectivity index (χ3v) is 4.05. The molecule has 1 aromatic heterocycles. The first-order valence-corrected chi connectivity index (χ1v) is 9.05. The van der Waals surface area contributed by atoms with Crippen LogP contribution in [0, 0.1) is 0 Å². The second kappa shape index (κ2) is 11.2. The van der Waals surface area contributed by atoms with Gasteiger partial charge >= 0.3 is 0 Å². The highest BCUT2D eigenvalue weighted by molar-refractivity contribution is 6.42. The van der Waals surface area contributed by atoms with E-state index in [1.54, 1.807) is 36.5 Å². The minimum absolute atomic E-state index is 0.145. The highest BCUT2D eigenvalue weighted by atomic mass is 35.5. The van der Waals surface area contributed by atoms with E-state index in [-0.39, 0.29) is 25.0 Å². The van der Waals surface area contributed by atoms with Crippen molar-refractivity contribution in [1.82, 2.24) is 15.6 Å². The second-order valence-corrected chi connectivity index (χ2v) is 6.39. The van der Waals surface area contributed by atoms with Crippen LogP contribution in [0.1, 0.15) is 6.42 Å². The van der Waals surface area contributed by atoms with Gasteiger partial charge in [-0.2, -0.15) is 0 Å². The summed E-state index contributed by atoms with van der Waals surface area (Å²) in [7, 11) is 0. The molecule has 0 bridgehead atoms. The fraction of sp³-hybridized carbons (Fsp3) is 0.211. The van der Waals surface area contributed by atoms with E-state index in [9.17, 15) is 9.59 Å². The number of nitrogens with one attached hydrogen (secondary N) is 2. The van der Waals surface area contributed by atoms with E-state index in [1.807, 2.05) is 0 Å². The van der Waals surface area contributed by atoms with Gasteiger partial charge in [0.2, 0.25) is 5.88 Å². The molecule has 0 fully saturated rings. The Labute approximate surface area is 172 Å². The van der Waals surface area contributed by atoms with E-state index < -0.39 is 0 Å². The summed E-state index contributed by atoms with van der Waals surface area (Å²) in [6, 6.07) is 9.88. The summed E-state index contributed by atoms with van der Waals surface area (Å²) in [5, 5.41) is 6.00. The number of carbonyl (C=O) groups is 2. The normalized spacial score (nSPS) is 10.1. The third kappa shape index (κ3) is 7.85. The van der Waals surface area contributed by atoms with Gasteiger partial charge in [-0.3, -0.25) is 9.59 Å². The quantitative estimate of drug-likeness (QED) is 0.612. The number of rotatable bonds is 10. The predicted octanol–water partition coefficient (Wildman–Crippen LogP) is 2.98. The van der Waals surface area contributed by atoms with E-state index >= 15 is 0 Å². The molecule has 0 unspecified atom stereocenters. The molecular formula is C19H19Cl2N3O4. The molecule has 0 spiro atoms. The standard InChI is InChI=1S/C19H19Cl2N3O4/c1-13(7-9-22-17(25)11-28-19-4-2-3-8-23-19)24-18(26)12-27-14-5-6-15(20)16(21)10-14/h2-6,8,10H,1,7,9,11-12H2,(H,22,25)(H,24,26). The highest BCUT2D eigenvalue weighted by Gasteiger charge is 2.07. The molecule has 0 aliphatic rings. The van der Waals surface area contributed by atoms with E-state index in [4.69, 9.17) is 32.7 Å². The molecule has 148 valence electrons. The Morgan fingerprint density at radius 2 is 1.82 bits per heavy atom. The van der Waals surface area contributed by atoms with Gasteiger partial charge in [0.25, 0.3) is 11.8 Å². The Hall–Kier alpha value is -2.77. The first-order valence-electron chi connectivity index (χ1n) is 8.30.